The number of H-pyrrole nitrogens is 1. The maximum Gasteiger partial charge on any atom is 0.434 e. The quantitative estimate of drug-likeness (QED) is 0.322. The van der Waals surface area contributed by atoms with Crippen molar-refractivity contribution in [3.8, 4) is 0 Å². The molecule has 0 aliphatic rings. The number of primary amides is 1. The fourth-order valence-electron chi connectivity index (χ4n) is 3.80. The SMILES string of the molecule is C[C@H](c1c(F)ccc2ccccc12)[C@H](NS(=O)(=O)c1ccc(Br)cc1C(N)=O)c1n[nH]c(=O)o1. The molecule has 1 aromatic heterocycles. The van der Waals surface area contributed by atoms with Crippen LogP contribution < -0.4 is 16.2 Å². The Morgan fingerprint density at radius 2 is 1.94 bits per heavy atom. The number of halogens is 2. The molecule has 4 N–H and O–H groups in total. The lowest BCUT2D eigenvalue weighted by Gasteiger charge is -2.24. The summed E-state index contributed by atoms with van der Waals surface area (Å²) in [5.41, 5.74) is 5.32. The van der Waals surface area contributed by atoms with Gasteiger partial charge in [0.15, 0.2) is 0 Å². The van der Waals surface area contributed by atoms with Gasteiger partial charge in [-0.2, -0.15) is 4.72 Å². The number of sulfonamides is 1. The fourth-order valence-corrected chi connectivity index (χ4v) is 5.62. The molecular formula is C22H18BrFN4O5S. The normalized spacial score (nSPS) is 13.6. The van der Waals surface area contributed by atoms with E-state index in [0.717, 1.165) is 5.39 Å². The van der Waals surface area contributed by atoms with Gasteiger partial charge in [0.1, 0.15) is 11.9 Å². The number of nitrogens with zero attached hydrogens (tertiary/aromatic N) is 1. The van der Waals surface area contributed by atoms with Gasteiger partial charge in [-0.15, -0.1) is 5.10 Å². The Hall–Kier alpha value is -3.35. The predicted octanol–water partition coefficient (Wildman–Crippen LogP) is 3.34. The third kappa shape index (κ3) is 4.52. The highest BCUT2D eigenvalue weighted by molar-refractivity contribution is 9.10. The second kappa shape index (κ2) is 9.12. The highest BCUT2D eigenvalue weighted by atomic mass is 79.9. The van der Waals surface area contributed by atoms with Gasteiger partial charge in [-0.3, -0.25) is 4.79 Å². The predicted molar refractivity (Wildman–Crippen MR) is 125 cm³/mol. The average molecular weight is 549 g/mol. The summed E-state index contributed by atoms with van der Waals surface area (Å²) in [7, 11) is -4.42. The van der Waals surface area contributed by atoms with Crippen LogP contribution in [-0.4, -0.2) is 24.5 Å². The molecule has 0 radical (unpaired) electrons. The molecule has 0 aliphatic carbocycles. The number of fused-ring (bicyclic) bond motifs is 1. The molecule has 3 aromatic carbocycles. The molecule has 0 saturated heterocycles. The van der Waals surface area contributed by atoms with Crippen molar-refractivity contribution in [1.82, 2.24) is 14.9 Å². The third-order valence-electron chi connectivity index (χ3n) is 5.37. The van der Waals surface area contributed by atoms with Gasteiger partial charge in [0.2, 0.25) is 21.8 Å². The van der Waals surface area contributed by atoms with Gasteiger partial charge < -0.3 is 10.2 Å². The molecule has 12 heteroatoms. The van der Waals surface area contributed by atoms with Crippen LogP contribution in [0.15, 0.2) is 73.2 Å². The highest BCUT2D eigenvalue weighted by Crippen LogP contribution is 2.37. The summed E-state index contributed by atoms with van der Waals surface area (Å²) in [6, 6.07) is 12.5. The van der Waals surface area contributed by atoms with Crippen LogP contribution in [0.4, 0.5) is 4.39 Å². The zero-order chi connectivity index (χ0) is 24.6. The summed E-state index contributed by atoms with van der Waals surface area (Å²) in [4.78, 5) is 23.2. The van der Waals surface area contributed by atoms with Gasteiger partial charge in [0.05, 0.1) is 10.5 Å². The fraction of sp³-hybridized carbons (Fsp3) is 0.136. The first kappa shape index (κ1) is 23.8. The summed E-state index contributed by atoms with van der Waals surface area (Å²) in [5, 5.41) is 7.15. The number of carbonyl (C=O) groups is 1. The number of benzene rings is 3. The minimum atomic E-state index is -4.42. The Morgan fingerprint density at radius 1 is 1.21 bits per heavy atom. The van der Waals surface area contributed by atoms with Crippen LogP contribution in [0.3, 0.4) is 0 Å². The van der Waals surface area contributed by atoms with Crippen molar-refractivity contribution < 1.29 is 22.0 Å². The number of aromatic amines is 1. The number of carbonyl (C=O) groups excluding carboxylic acids is 1. The maximum atomic E-state index is 15.1. The van der Waals surface area contributed by atoms with E-state index < -0.39 is 44.4 Å². The minimum Gasteiger partial charge on any atom is -0.391 e. The minimum absolute atomic E-state index is 0.197. The highest BCUT2D eigenvalue weighted by Gasteiger charge is 2.34. The van der Waals surface area contributed by atoms with Crippen LogP contribution in [0, 0.1) is 5.82 Å². The molecule has 0 aliphatic heterocycles. The van der Waals surface area contributed by atoms with Crippen molar-refractivity contribution in [2.75, 3.05) is 0 Å². The zero-order valence-electron chi connectivity index (χ0n) is 17.6. The molecule has 0 bridgehead atoms. The Morgan fingerprint density at radius 3 is 2.62 bits per heavy atom. The van der Waals surface area contributed by atoms with E-state index in [4.69, 9.17) is 10.2 Å². The Balaban J connectivity index is 1.86. The molecule has 0 saturated carbocycles. The van der Waals surface area contributed by atoms with Crippen LogP contribution in [0.2, 0.25) is 0 Å². The standard InChI is InChI=1S/C22H18BrFN4O5S/c1-11(18-14-5-3-2-4-12(14)6-8-16(18)24)19(21-26-27-22(30)33-21)28-34(31,32)17-9-7-13(23)10-15(17)20(25)29/h2-11,19,28H,1H3,(H2,25,29)(H,27,30)/t11-,19+/m1/s1. The maximum absolute atomic E-state index is 15.1. The van der Waals surface area contributed by atoms with Gasteiger partial charge >= 0.3 is 5.76 Å². The Bertz CT molecular complexity index is 1570. The van der Waals surface area contributed by atoms with Crippen LogP contribution in [0.1, 0.15) is 40.7 Å². The number of hydrogen-bond acceptors (Lipinski definition) is 6. The topological polar surface area (TPSA) is 148 Å². The lowest BCUT2D eigenvalue weighted by Crippen LogP contribution is -2.34. The van der Waals surface area contributed by atoms with Crippen molar-refractivity contribution in [3.05, 3.63) is 92.5 Å². The van der Waals surface area contributed by atoms with Crippen LogP contribution in [0.25, 0.3) is 10.8 Å². The largest absolute Gasteiger partial charge is 0.434 e. The second-order valence-corrected chi connectivity index (χ2v) is 10.1. The summed E-state index contributed by atoms with van der Waals surface area (Å²) >= 11 is 3.18. The summed E-state index contributed by atoms with van der Waals surface area (Å²) in [6.07, 6.45) is 0. The van der Waals surface area contributed by atoms with Crippen molar-refractivity contribution in [3.63, 3.8) is 0 Å². The first-order chi connectivity index (χ1) is 16.1. The third-order valence-corrected chi connectivity index (χ3v) is 7.36. The summed E-state index contributed by atoms with van der Waals surface area (Å²) in [5.74, 6) is -3.63. The van der Waals surface area contributed by atoms with E-state index in [-0.39, 0.29) is 17.0 Å². The van der Waals surface area contributed by atoms with E-state index in [1.807, 2.05) is 0 Å². The Kier molecular flexibility index (Phi) is 6.39. The Labute approximate surface area is 201 Å². The van der Waals surface area contributed by atoms with Crippen LogP contribution in [0.5, 0.6) is 0 Å². The number of amides is 1. The molecule has 4 aromatic rings. The lowest BCUT2D eigenvalue weighted by atomic mass is 9.89. The van der Waals surface area contributed by atoms with E-state index in [1.54, 1.807) is 37.3 Å². The van der Waals surface area contributed by atoms with Gasteiger partial charge in [0, 0.05) is 16.0 Å². The van der Waals surface area contributed by atoms with Gasteiger partial charge in [-0.05, 0) is 35.0 Å². The molecule has 2 atom stereocenters. The number of hydrogen-bond donors (Lipinski definition) is 3. The second-order valence-electron chi connectivity index (χ2n) is 7.53. The van der Waals surface area contributed by atoms with Crippen molar-refractivity contribution in [2.24, 2.45) is 5.73 Å². The summed E-state index contributed by atoms with van der Waals surface area (Å²) in [6.45, 7) is 1.57. The average Bonchev–Trinajstić information content (AvgIpc) is 3.22. The smallest absolute Gasteiger partial charge is 0.391 e. The first-order valence-electron chi connectivity index (χ1n) is 9.92. The van der Waals surface area contributed by atoms with Crippen molar-refractivity contribution >= 4 is 42.6 Å². The molecule has 0 fully saturated rings. The molecule has 4 rings (SSSR count). The number of rotatable bonds is 7. The van der Waals surface area contributed by atoms with Crippen molar-refractivity contribution in [2.45, 2.75) is 23.8 Å². The van der Waals surface area contributed by atoms with Crippen molar-refractivity contribution in [1.29, 1.82) is 0 Å². The molecule has 0 spiro atoms. The number of aromatic nitrogens is 2. The van der Waals surface area contributed by atoms with E-state index in [0.29, 0.717) is 9.86 Å². The van der Waals surface area contributed by atoms with E-state index in [9.17, 15) is 18.0 Å². The van der Waals surface area contributed by atoms with Gasteiger partial charge in [-0.1, -0.05) is 53.2 Å². The molecule has 0 unspecified atom stereocenters. The summed E-state index contributed by atoms with van der Waals surface area (Å²) < 4.78 is 49.7. The lowest BCUT2D eigenvalue weighted by molar-refractivity contribution is 0.0997. The molecule has 1 amide bonds. The molecule has 176 valence electrons. The number of nitrogens with one attached hydrogen (secondary N) is 2. The molecule has 34 heavy (non-hydrogen) atoms. The monoisotopic (exact) mass is 548 g/mol. The van der Waals surface area contributed by atoms with E-state index >= 15 is 4.39 Å². The van der Waals surface area contributed by atoms with Gasteiger partial charge in [0.25, 0.3) is 0 Å². The van der Waals surface area contributed by atoms with Crippen LogP contribution in [-0.2, 0) is 10.0 Å². The van der Waals surface area contributed by atoms with E-state index in [1.165, 1.54) is 24.3 Å². The zero-order valence-corrected chi connectivity index (χ0v) is 20.0. The first-order valence-corrected chi connectivity index (χ1v) is 12.2. The molecular weight excluding hydrogens is 531 g/mol. The number of nitrogens with two attached hydrogens (primary N) is 1. The van der Waals surface area contributed by atoms with Gasteiger partial charge in [-0.25, -0.2) is 22.7 Å². The molecule has 9 nitrogen and oxygen atoms in total. The molecule has 1 heterocycles. The van der Waals surface area contributed by atoms with E-state index in [2.05, 4.69) is 30.8 Å². The van der Waals surface area contributed by atoms with Crippen LogP contribution >= 0.6 is 15.9 Å².